The molecule has 5 rings (SSSR count). The summed E-state index contributed by atoms with van der Waals surface area (Å²) in [6, 6.07) is 16.0. The van der Waals surface area contributed by atoms with Crippen molar-refractivity contribution in [1.29, 1.82) is 0 Å². The zero-order chi connectivity index (χ0) is 18.4. The molecular weight excluding hydrogens is 378 g/mol. The molecule has 2 aromatic carbocycles. The lowest BCUT2D eigenvalue weighted by Crippen LogP contribution is -2.03. The van der Waals surface area contributed by atoms with Crippen LogP contribution in [0.2, 0.25) is 4.47 Å². The summed E-state index contributed by atoms with van der Waals surface area (Å²) in [5, 5.41) is 4.04. The summed E-state index contributed by atoms with van der Waals surface area (Å²) in [6.07, 6.45) is 5.86. The molecule has 4 nitrogen and oxygen atoms in total. The second-order valence-corrected chi connectivity index (χ2v) is 8.06. The van der Waals surface area contributed by atoms with Crippen LogP contribution >= 0.6 is 22.9 Å². The van der Waals surface area contributed by atoms with Gasteiger partial charge in [0, 0.05) is 50.6 Å². The Morgan fingerprint density at radius 1 is 1.15 bits per heavy atom. The van der Waals surface area contributed by atoms with E-state index in [1.54, 1.807) is 6.20 Å². The molecule has 2 aromatic heterocycles. The van der Waals surface area contributed by atoms with Gasteiger partial charge in [0.05, 0.1) is 6.54 Å². The maximum Gasteiger partial charge on any atom is 0.256 e. The largest absolute Gasteiger partial charge is 0.342 e. The highest BCUT2D eigenvalue weighted by Gasteiger charge is 2.24. The highest BCUT2D eigenvalue weighted by molar-refractivity contribution is 7.15. The standard InChI is InChI=1S/C21H14ClN3OS/c22-21-23-10-14(27-21)12-25-11-13(15-5-2-4-8-19(15)25)9-17-16-6-1-3-7-18(16)24-20(17)26/h1-11H,12H2,(H,24,26)/b17-9+. The van der Waals surface area contributed by atoms with Crippen LogP contribution < -0.4 is 5.32 Å². The lowest BCUT2D eigenvalue weighted by Gasteiger charge is -2.01. The van der Waals surface area contributed by atoms with Crippen LogP contribution in [0, 0.1) is 0 Å². The van der Waals surface area contributed by atoms with Crippen molar-refractivity contribution < 1.29 is 4.79 Å². The predicted molar refractivity (Wildman–Crippen MR) is 111 cm³/mol. The van der Waals surface area contributed by atoms with Gasteiger partial charge in [-0.3, -0.25) is 4.79 Å². The lowest BCUT2D eigenvalue weighted by atomic mass is 10.0. The van der Waals surface area contributed by atoms with Gasteiger partial charge in [0.2, 0.25) is 0 Å². The molecule has 1 aliphatic heterocycles. The molecule has 27 heavy (non-hydrogen) atoms. The minimum Gasteiger partial charge on any atom is -0.342 e. The van der Waals surface area contributed by atoms with E-state index >= 15 is 0 Å². The zero-order valence-corrected chi connectivity index (χ0v) is 15.7. The van der Waals surface area contributed by atoms with E-state index in [4.69, 9.17) is 11.6 Å². The van der Waals surface area contributed by atoms with Crippen LogP contribution in [0.5, 0.6) is 0 Å². The molecule has 0 spiro atoms. The van der Waals surface area contributed by atoms with E-state index in [1.165, 1.54) is 11.3 Å². The van der Waals surface area contributed by atoms with E-state index in [1.807, 2.05) is 42.5 Å². The number of hydrogen-bond acceptors (Lipinski definition) is 3. The van der Waals surface area contributed by atoms with E-state index < -0.39 is 0 Å². The first-order valence-corrected chi connectivity index (χ1v) is 9.69. The Kier molecular flexibility index (Phi) is 3.85. The smallest absolute Gasteiger partial charge is 0.256 e. The van der Waals surface area contributed by atoms with Crippen molar-refractivity contribution >= 4 is 57.1 Å². The van der Waals surface area contributed by atoms with Gasteiger partial charge in [-0.2, -0.15) is 0 Å². The highest BCUT2D eigenvalue weighted by atomic mass is 35.5. The van der Waals surface area contributed by atoms with Gasteiger partial charge in [0.1, 0.15) is 0 Å². The van der Waals surface area contributed by atoms with E-state index in [-0.39, 0.29) is 5.91 Å². The fourth-order valence-electron chi connectivity index (χ4n) is 3.48. The van der Waals surface area contributed by atoms with Gasteiger partial charge < -0.3 is 9.88 Å². The molecular formula is C21H14ClN3OS. The molecule has 0 bridgehead atoms. The Labute approximate surface area is 164 Å². The second kappa shape index (κ2) is 6.37. The Morgan fingerprint density at radius 3 is 2.81 bits per heavy atom. The van der Waals surface area contributed by atoms with Crippen molar-refractivity contribution in [3.8, 4) is 0 Å². The summed E-state index contributed by atoms with van der Waals surface area (Å²) in [7, 11) is 0. The summed E-state index contributed by atoms with van der Waals surface area (Å²) in [6.45, 7) is 0.691. The van der Waals surface area contributed by atoms with Crippen molar-refractivity contribution in [3.63, 3.8) is 0 Å². The van der Waals surface area contributed by atoms with Crippen LogP contribution in [-0.2, 0) is 11.3 Å². The Hall–Kier alpha value is -2.89. The van der Waals surface area contributed by atoms with E-state index in [0.717, 1.165) is 32.6 Å². The van der Waals surface area contributed by atoms with Gasteiger partial charge >= 0.3 is 0 Å². The number of nitrogens with zero attached hydrogens (tertiary/aromatic N) is 2. The molecule has 0 aliphatic carbocycles. The van der Waals surface area contributed by atoms with Crippen LogP contribution in [0.4, 0.5) is 5.69 Å². The first-order chi connectivity index (χ1) is 13.2. The molecule has 1 aliphatic rings. The minimum absolute atomic E-state index is 0.0673. The van der Waals surface area contributed by atoms with Gasteiger partial charge in [-0.15, -0.1) is 11.3 Å². The number of para-hydroxylation sites is 2. The average molecular weight is 392 g/mol. The average Bonchev–Trinajstić information content (AvgIpc) is 3.33. The molecule has 132 valence electrons. The van der Waals surface area contributed by atoms with E-state index in [9.17, 15) is 4.79 Å². The third kappa shape index (κ3) is 2.85. The number of halogens is 1. The first kappa shape index (κ1) is 16.3. The number of rotatable bonds is 3. The lowest BCUT2D eigenvalue weighted by molar-refractivity contribution is -0.110. The maximum atomic E-state index is 12.5. The number of carbonyl (C=O) groups is 1. The summed E-state index contributed by atoms with van der Waals surface area (Å²) in [5.74, 6) is -0.0673. The number of benzene rings is 2. The zero-order valence-electron chi connectivity index (χ0n) is 14.1. The number of amides is 1. The highest BCUT2D eigenvalue weighted by Crippen LogP contribution is 2.34. The quantitative estimate of drug-likeness (QED) is 0.482. The van der Waals surface area contributed by atoms with E-state index in [2.05, 4.69) is 33.2 Å². The molecule has 3 heterocycles. The molecule has 0 unspecified atom stereocenters. The first-order valence-electron chi connectivity index (χ1n) is 8.49. The number of thiazole rings is 1. The summed E-state index contributed by atoms with van der Waals surface area (Å²) in [4.78, 5) is 17.7. The topological polar surface area (TPSA) is 46.9 Å². The van der Waals surface area contributed by atoms with Gasteiger partial charge in [0.25, 0.3) is 5.91 Å². The normalized spacial score (nSPS) is 14.7. The number of anilines is 1. The van der Waals surface area contributed by atoms with Crippen LogP contribution in [0.3, 0.4) is 0 Å². The number of aromatic nitrogens is 2. The van der Waals surface area contributed by atoms with Crippen molar-refractivity contribution in [2.24, 2.45) is 0 Å². The molecule has 0 fully saturated rings. The van der Waals surface area contributed by atoms with E-state index in [0.29, 0.717) is 16.6 Å². The van der Waals surface area contributed by atoms with Crippen molar-refractivity contribution in [3.05, 3.63) is 81.4 Å². The van der Waals surface area contributed by atoms with Crippen LogP contribution in [-0.4, -0.2) is 15.5 Å². The Morgan fingerprint density at radius 2 is 1.96 bits per heavy atom. The second-order valence-electron chi connectivity index (χ2n) is 6.37. The minimum atomic E-state index is -0.0673. The fourth-order valence-corrected chi connectivity index (χ4v) is 4.46. The number of hydrogen-bond donors (Lipinski definition) is 1. The fraction of sp³-hybridized carbons (Fsp3) is 0.0476. The molecule has 4 aromatic rings. The van der Waals surface area contributed by atoms with Gasteiger partial charge in [-0.25, -0.2) is 4.98 Å². The molecule has 0 saturated heterocycles. The predicted octanol–water partition coefficient (Wildman–Crippen LogP) is 5.29. The van der Waals surface area contributed by atoms with Gasteiger partial charge in [-0.05, 0) is 18.2 Å². The third-order valence-electron chi connectivity index (χ3n) is 4.68. The third-order valence-corrected chi connectivity index (χ3v) is 5.78. The SMILES string of the molecule is O=C1Nc2ccccc2/C1=C\c1cn(Cc2cnc(Cl)s2)c2ccccc12. The number of fused-ring (bicyclic) bond motifs is 2. The van der Waals surface area contributed by atoms with Crippen LogP contribution in [0.1, 0.15) is 16.0 Å². The number of carbonyl (C=O) groups excluding carboxylic acids is 1. The van der Waals surface area contributed by atoms with Crippen molar-refractivity contribution in [1.82, 2.24) is 9.55 Å². The molecule has 0 atom stereocenters. The maximum absolute atomic E-state index is 12.5. The summed E-state index contributed by atoms with van der Waals surface area (Å²) >= 11 is 7.45. The van der Waals surface area contributed by atoms with Gasteiger partial charge in [0.15, 0.2) is 4.47 Å². The van der Waals surface area contributed by atoms with Crippen LogP contribution in [0.15, 0.2) is 60.9 Å². The molecule has 1 N–H and O–H groups in total. The van der Waals surface area contributed by atoms with Gasteiger partial charge in [-0.1, -0.05) is 48.0 Å². The number of nitrogens with one attached hydrogen (secondary N) is 1. The molecule has 0 radical (unpaired) electrons. The Bertz CT molecular complexity index is 1220. The van der Waals surface area contributed by atoms with Crippen molar-refractivity contribution in [2.75, 3.05) is 5.32 Å². The molecule has 1 amide bonds. The van der Waals surface area contributed by atoms with Crippen LogP contribution in [0.25, 0.3) is 22.6 Å². The monoisotopic (exact) mass is 391 g/mol. The summed E-state index contributed by atoms with van der Waals surface area (Å²) in [5.41, 5.74) is 4.61. The van der Waals surface area contributed by atoms with Crippen molar-refractivity contribution in [2.45, 2.75) is 6.54 Å². The summed E-state index contributed by atoms with van der Waals surface area (Å²) < 4.78 is 2.72. The molecule has 6 heteroatoms. The molecule has 0 saturated carbocycles. The Balaban J connectivity index is 1.63.